The molecule has 0 fully saturated rings. The molecule has 7 heteroatoms. The molecule has 0 radical (unpaired) electrons. The summed E-state index contributed by atoms with van der Waals surface area (Å²) in [4.78, 5) is 21.3. The number of para-hydroxylation sites is 1. The molecule has 1 aromatic carbocycles. The van der Waals surface area contributed by atoms with Gasteiger partial charge >= 0.3 is 0 Å². The number of aryl methyl sites for hydroxylation is 1. The lowest BCUT2D eigenvalue weighted by molar-refractivity contribution is 0.364. The Morgan fingerprint density at radius 1 is 1.25 bits per heavy atom. The molecule has 24 heavy (non-hydrogen) atoms. The fourth-order valence-electron chi connectivity index (χ4n) is 2.66. The van der Waals surface area contributed by atoms with Crippen molar-refractivity contribution in [3.63, 3.8) is 0 Å². The van der Waals surface area contributed by atoms with E-state index in [0.717, 1.165) is 24.6 Å². The second kappa shape index (κ2) is 5.92. The Kier molecular flexibility index (Phi) is 3.60. The maximum atomic E-state index is 12.6. The van der Waals surface area contributed by atoms with E-state index in [2.05, 4.69) is 22.0 Å². The fraction of sp³-hybridized carbons (Fsp3) is 0.294. The Morgan fingerprint density at radius 2 is 2.12 bits per heavy atom. The van der Waals surface area contributed by atoms with E-state index in [1.165, 1.54) is 10.9 Å². The number of hydrogen-bond acceptors (Lipinski definition) is 6. The second-order valence-electron chi connectivity index (χ2n) is 5.66. The van der Waals surface area contributed by atoms with Gasteiger partial charge in [-0.2, -0.15) is 4.98 Å². The number of aromatic nitrogens is 4. The molecule has 0 saturated heterocycles. The van der Waals surface area contributed by atoms with Crippen molar-refractivity contribution in [2.75, 3.05) is 0 Å². The summed E-state index contributed by atoms with van der Waals surface area (Å²) < 4.78 is 12.3. The molecule has 3 heterocycles. The first-order valence-corrected chi connectivity index (χ1v) is 7.94. The van der Waals surface area contributed by atoms with Gasteiger partial charge in [-0.1, -0.05) is 30.6 Å². The monoisotopic (exact) mass is 324 g/mol. The Balaban J connectivity index is 1.69. The molecule has 7 nitrogen and oxygen atoms in total. The molecule has 0 aliphatic rings. The van der Waals surface area contributed by atoms with E-state index in [-0.39, 0.29) is 17.7 Å². The number of hydrogen-bond donors (Lipinski definition) is 0. The van der Waals surface area contributed by atoms with Gasteiger partial charge in [0.05, 0.1) is 6.33 Å². The van der Waals surface area contributed by atoms with Crippen molar-refractivity contribution in [2.24, 2.45) is 0 Å². The van der Waals surface area contributed by atoms with E-state index in [4.69, 9.17) is 8.94 Å². The van der Waals surface area contributed by atoms with Crippen molar-refractivity contribution in [1.82, 2.24) is 19.7 Å². The van der Waals surface area contributed by atoms with Gasteiger partial charge < -0.3 is 8.94 Å². The largest absolute Gasteiger partial charge is 0.448 e. The topological polar surface area (TPSA) is 87.0 Å². The molecular weight excluding hydrogens is 308 g/mol. The predicted molar refractivity (Wildman–Crippen MR) is 87.8 cm³/mol. The minimum Gasteiger partial charge on any atom is -0.448 e. The number of unbranched alkanes of at least 4 members (excludes halogenated alkanes) is 1. The van der Waals surface area contributed by atoms with E-state index in [1.807, 2.05) is 24.3 Å². The third-order valence-corrected chi connectivity index (χ3v) is 3.92. The van der Waals surface area contributed by atoms with Crippen LogP contribution in [0.25, 0.3) is 22.1 Å². The van der Waals surface area contributed by atoms with E-state index >= 15 is 0 Å². The number of benzene rings is 1. The highest BCUT2D eigenvalue weighted by Crippen LogP contribution is 2.24. The predicted octanol–water partition coefficient (Wildman–Crippen LogP) is 2.92. The highest BCUT2D eigenvalue weighted by Gasteiger charge is 2.14. The maximum Gasteiger partial charge on any atom is 0.297 e. The van der Waals surface area contributed by atoms with Crippen LogP contribution in [0.1, 0.15) is 31.5 Å². The quantitative estimate of drug-likeness (QED) is 0.561. The Hall–Kier alpha value is -2.96. The first kappa shape index (κ1) is 14.6. The Labute approximate surface area is 136 Å². The van der Waals surface area contributed by atoms with E-state index < -0.39 is 0 Å². The lowest BCUT2D eigenvalue weighted by Crippen LogP contribution is -2.20. The molecule has 4 aromatic rings. The van der Waals surface area contributed by atoms with Gasteiger partial charge in [-0.3, -0.25) is 9.36 Å². The lowest BCUT2D eigenvalue weighted by atomic mass is 10.2. The fourth-order valence-corrected chi connectivity index (χ4v) is 2.66. The van der Waals surface area contributed by atoms with Gasteiger partial charge in [0.2, 0.25) is 11.5 Å². The number of furan rings is 1. The molecule has 0 bridgehead atoms. The van der Waals surface area contributed by atoms with Gasteiger partial charge in [-0.05, 0) is 18.6 Å². The van der Waals surface area contributed by atoms with Crippen LogP contribution in [0.3, 0.4) is 0 Å². The summed E-state index contributed by atoms with van der Waals surface area (Å²) in [5.41, 5.74) is 1.20. The van der Waals surface area contributed by atoms with Crippen LogP contribution < -0.4 is 5.56 Å². The van der Waals surface area contributed by atoms with Crippen LogP contribution in [0.5, 0.6) is 0 Å². The van der Waals surface area contributed by atoms with Crippen molar-refractivity contribution >= 4 is 22.1 Å². The summed E-state index contributed by atoms with van der Waals surface area (Å²) in [5.74, 6) is 1.05. The third kappa shape index (κ3) is 2.47. The molecule has 0 atom stereocenters. The average Bonchev–Trinajstić information content (AvgIpc) is 3.20. The summed E-state index contributed by atoms with van der Waals surface area (Å²) in [5, 5.41) is 4.76. The minimum atomic E-state index is -0.260. The van der Waals surface area contributed by atoms with Crippen LogP contribution in [0, 0.1) is 0 Å². The summed E-state index contributed by atoms with van der Waals surface area (Å²) >= 11 is 0. The van der Waals surface area contributed by atoms with Crippen LogP contribution in [-0.2, 0) is 13.0 Å². The molecule has 122 valence electrons. The minimum absolute atomic E-state index is 0.179. The highest BCUT2D eigenvalue weighted by atomic mass is 16.5. The standard InChI is InChI=1S/C17H16N4O3/c1-2-3-8-13-19-14(24-20-13)9-21-10-18-15-11-6-4-5-7-12(11)23-16(15)17(21)22/h4-7,10H,2-3,8-9H2,1H3. The van der Waals surface area contributed by atoms with Crippen molar-refractivity contribution < 1.29 is 8.94 Å². The second-order valence-corrected chi connectivity index (χ2v) is 5.66. The first-order valence-electron chi connectivity index (χ1n) is 7.94. The first-order chi connectivity index (χ1) is 11.8. The average molecular weight is 324 g/mol. The summed E-state index contributed by atoms with van der Waals surface area (Å²) in [6, 6.07) is 7.45. The lowest BCUT2D eigenvalue weighted by Gasteiger charge is -2.00. The molecule has 3 aromatic heterocycles. The van der Waals surface area contributed by atoms with Gasteiger partial charge in [0, 0.05) is 11.8 Å². The zero-order valence-corrected chi connectivity index (χ0v) is 13.2. The SMILES string of the molecule is CCCCc1noc(Cn2cnc3c(oc4ccccc43)c2=O)n1. The maximum absolute atomic E-state index is 12.6. The van der Waals surface area contributed by atoms with Crippen molar-refractivity contribution in [3.8, 4) is 0 Å². The van der Waals surface area contributed by atoms with Crippen LogP contribution in [-0.4, -0.2) is 19.7 Å². The van der Waals surface area contributed by atoms with E-state index in [1.54, 1.807) is 0 Å². The molecule has 0 aliphatic carbocycles. The van der Waals surface area contributed by atoms with E-state index in [0.29, 0.717) is 22.8 Å². The van der Waals surface area contributed by atoms with Gasteiger partial charge in [-0.15, -0.1) is 0 Å². The third-order valence-electron chi connectivity index (χ3n) is 3.92. The molecule has 0 spiro atoms. The zero-order chi connectivity index (χ0) is 16.5. The van der Waals surface area contributed by atoms with Crippen molar-refractivity contribution in [1.29, 1.82) is 0 Å². The Bertz CT molecular complexity index is 1060. The van der Waals surface area contributed by atoms with Crippen LogP contribution in [0.4, 0.5) is 0 Å². The molecular formula is C17H16N4O3. The number of nitrogens with zero attached hydrogens (tertiary/aromatic N) is 4. The molecule has 0 saturated carbocycles. The molecule has 0 amide bonds. The van der Waals surface area contributed by atoms with Gasteiger partial charge in [0.1, 0.15) is 17.6 Å². The molecule has 4 rings (SSSR count). The highest BCUT2D eigenvalue weighted by molar-refractivity contribution is 6.01. The summed E-state index contributed by atoms with van der Waals surface area (Å²) in [6.45, 7) is 2.28. The van der Waals surface area contributed by atoms with E-state index in [9.17, 15) is 4.79 Å². The molecule has 0 N–H and O–H groups in total. The normalized spacial score (nSPS) is 11.5. The van der Waals surface area contributed by atoms with Gasteiger partial charge in [0.25, 0.3) is 5.56 Å². The van der Waals surface area contributed by atoms with Crippen molar-refractivity contribution in [3.05, 3.63) is 52.7 Å². The number of rotatable bonds is 5. The summed E-state index contributed by atoms with van der Waals surface area (Å²) in [6.07, 6.45) is 4.33. The number of fused-ring (bicyclic) bond motifs is 3. The van der Waals surface area contributed by atoms with Crippen LogP contribution in [0.15, 0.2) is 44.3 Å². The molecule has 0 unspecified atom stereocenters. The summed E-state index contributed by atoms with van der Waals surface area (Å²) in [7, 11) is 0. The van der Waals surface area contributed by atoms with Gasteiger partial charge in [-0.25, -0.2) is 4.98 Å². The Morgan fingerprint density at radius 3 is 3.00 bits per heavy atom. The molecule has 0 aliphatic heterocycles. The smallest absolute Gasteiger partial charge is 0.297 e. The van der Waals surface area contributed by atoms with Crippen LogP contribution >= 0.6 is 0 Å². The van der Waals surface area contributed by atoms with Gasteiger partial charge in [0.15, 0.2) is 5.82 Å². The van der Waals surface area contributed by atoms with Crippen LogP contribution in [0.2, 0.25) is 0 Å². The zero-order valence-electron chi connectivity index (χ0n) is 13.2. The van der Waals surface area contributed by atoms with Crippen molar-refractivity contribution in [2.45, 2.75) is 32.7 Å².